The van der Waals surface area contributed by atoms with Crippen molar-refractivity contribution < 1.29 is 27.2 Å². The van der Waals surface area contributed by atoms with Crippen molar-refractivity contribution in [3.05, 3.63) is 76.3 Å². The Morgan fingerprint density at radius 2 is 1.74 bits per heavy atom. The molecule has 214 valence electrons. The number of hydrogen-bond acceptors (Lipinski definition) is 6. The zero-order valence-corrected chi connectivity index (χ0v) is 24.8. The molecule has 1 saturated carbocycles. The second-order valence-corrected chi connectivity index (χ2v) is 12.2. The Morgan fingerprint density at radius 3 is 2.31 bits per heavy atom. The van der Waals surface area contributed by atoms with E-state index in [1.165, 1.54) is 12.1 Å². The summed E-state index contributed by atoms with van der Waals surface area (Å²) < 4.78 is 41.4. The summed E-state index contributed by atoms with van der Waals surface area (Å²) in [6.45, 7) is 7.70. The summed E-state index contributed by atoms with van der Waals surface area (Å²) in [4.78, 5) is 17.0. The third-order valence-corrected chi connectivity index (χ3v) is 8.74. The summed E-state index contributed by atoms with van der Waals surface area (Å²) >= 11 is 12.1. The molecule has 1 N–H and O–H groups in total. The van der Waals surface area contributed by atoms with Gasteiger partial charge in [0.15, 0.2) is 5.79 Å². The predicted molar refractivity (Wildman–Crippen MR) is 153 cm³/mol. The van der Waals surface area contributed by atoms with Crippen LogP contribution >= 0.6 is 23.2 Å². The molecule has 8 nitrogen and oxygen atoms in total. The van der Waals surface area contributed by atoms with Gasteiger partial charge in [0, 0.05) is 38.5 Å². The number of rotatable bonds is 7. The zero-order valence-electron chi connectivity index (χ0n) is 22.5. The Labute approximate surface area is 241 Å². The summed E-state index contributed by atoms with van der Waals surface area (Å²) in [6.07, 6.45) is 4.54. The quantitative estimate of drug-likeness (QED) is 0.353. The lowest BCUT2D eigenvalue weighted by atomic mass is 9.83. The summed E-state index contributed by atoms with van der Waals surface area (Å²) in [5.74, 6) is -0.450. The van der Waals surface area contributed by atoms with Crippen LogP contribution in [0.1, 0.15) is 30.4 Å². The van der Waals surface area contributed by atoms with E-state index in [4.69, 9.17) is 37.2 Å². The van der Waals surface area contributed by atoms with E-state index in [1.807, 2.05) is 31.0 Å². The predicted octanol–water partition coefficient (Wildman–Crippen LogP) is 5.02. The molecule has 11 heteroatoms. The number of nitrogens with zero attached hydrogens (tertiary/aromatic N) is 2. The highest BCUT2D eigenvalue weighted by molar-refractivity contribution is 7.85. The molecule has 1 heterocycles. The van der Waals surface area contributed by atoms with Gasteiger partial charge in [-0.2, -0.15) is 8.42 Å². The number of likely N-dealkylation sites (N-methyl/N-ethyl adjacent to an activating group) is 2. The molecular formula is C28H36Cl2N2O6S. The first kappa shape index (κ1) is 31.5. The first-order chi connectivity index (χ1) is 18.3. The molecule has 1 saturated heterocycles. The van der Waals surface area contributed by atoms with E-state index in [0.29, 0.717) is 29.7 Å². The average molecular weight is 600 g/mol. The number of aryl methyl sites for hydroxylation is 1. The van der Waals surface area contributed by atoms with E-state index in [9.17, 15) is 13.2 Å². The van der Waals surface area contributed by atoms with Gasteiger partial charge < -0.3 is 14.4 Å². The normalized spacial score (nSPS) is 20.4. The van der Waals surface area contributed by atoms with Gasteiger partial charge in [0.1, 0.15) is 0 Å². The number of carbonyl (C=O) groups excluding carboxylic acids is 1. The Hall–Kier alpha value is -1.98. The van der Waals surface area contributed by atoms with E-state index < -0.39 is 15.9 Å². The van der Waals surface area contributed by atoms with Crippen LogP contribution in [-0.2, 0) is 30.8 Å². The first-order valence-electron chi connectivity index (χ1n) is 12.7. The minimum atomic E-state index is -4.02. The fraction of sp³-hybridized carbons (Fsp3) is 0.464. The molecule has 1 amide bonds. The van der Waals surface area contributed by atoms with Gasteiger partial charge in [-0.15, -0.1) is 6.58 Å². The standard InChI is InChI=1S/C21H28Cl2N2O3.C7H8O3S/c1-4-9-24(2)19-14-21(27-10-11-28-21)8-7-18(19)25(3)20(26)13-15-5-6-16(22)17(23)12-15;1-6-2-4-7(5-3-6)11(8,9)10/h4-6,12,18-19H,1,7-11,13-14H2,2-3H3;2-5H,1H3,(H,8,9,10)/t18-,19-;/m1./s1. The van der Waals surface area contributed by atoms with Crippen molar-refractivity contribution in [1.29, 1.82) is 0 Å². The fourth-order valence-corrected chi connectivity index (χ4v) is 5.76. The molecular weight excluding hydrogens is 563 g/mol. The summed E-state index contributed by atoms with van der Waals surface area (Å²) in [6, 6.07) is 11.5. The first-order valence-corrected chi connectivity index (χ1v) is 14.9. The summed E-state index contributed by atoms with van der Waals surface area (Å²) in [5, 5.41) is 0.958. The van der Waals surface area contributed by atoms with Crippen LogP contribution in [0, 0.1) is 6.92 Å². The maximum absolute atomic E-state index is 13.0. The largest absolute Gasteiger partial charge is 0.347 e. The lowest BCUT2D eigenvalue weighted by molar-refractivity contribution is -0.198. The third-order valence-electron chi connectivity index (χ3n) is 7.13. The van der Waals surface area contributed by atoms with Crippen LogP contribution in [-0.4, -0.2) is 80.4 Å². The fourth-order valence-electron chi connectivity index (χ4n) is 4.96. The van der Waals surface area contributed by atoms with Crippen molar-refractivity contribution in [2.45, 2.75) is 55.4 Å². The van der Waals surface area contributed by atoms with E-state index in [1.54, 1.807) is 24.3 Å². The molecule has 39 heavy (non-hydrogen) atoms. The van der Waals surface area contributed by atoms with Crippen LogP contribution in [0.25, 0.3) is 0 Å². The van der Waals surface area contributed by atoms with Crippen LogP contribution < -0.4 is 0 Å². The van der Waals surface area contributed by atoms with Gasteiger partial charge >= 0.3 is 0 Å². The minimum Gasteiger partial charge on any atom is -0.347 e. The van der Waals surface area contributed by atoms with Crippen LogP contribution in [0.3, 0.4) is 0 Å². The van der Waals surface area contributed by atoms with E-state index in [2.05, 4.69) is 18.5 Å². The van der Waals surface area contributed by atoms with E-state index >= 15 is 0 Å². The lowest BCUT2D eigenvalue weighted by Gasteiger charge is -2.47. The van der Waals surface area contributed by atoms with E-state index in [-0.39, 0.29) is 22.9 Å². The number of hydrogen-bond donors (Lipinski definition) is 1. The van der Waals surface area contributed by atoms with Crippen LogP contribution in [0.2, 0.25) is 10.0 Å². The van der Waals surface area contributed by atoms with Gasteiger partial charge in [0.2, 0.25) is 5.91 Å². The lowest BCUT2D eigenvalue weighted by Crippen LogP contribution is -2.58. The van der Waals surface area contributed by atoms with Crippen LogP contribution in [0.15, 0.2) is 60.0 Å². The Kier molecular flexibility index (Phi) is 11.0. The van der Waals surface area contributed by atoms with Gasteiger partial charge in [-0.05, 0) is 50.2 Å². The molecule has 0 radical (unpaired) electrons. The molecule has 4 rings (SSSR count). The number of benzene rings is 2. The highest BCUT2D eigenvalue weighted by atomic mass is 35.5. The molecule has 2 atom stereocenters. The number of ether oxygens (including phenoxy) is 2. The van der Waals surface area contributed by atoms with Gasteiger partial charge in [-0.1, -0.05) is 53.0 Å². The van der Waals surface area contributed by atoms with Gasteiger partial charge in [-0.25, -0.2) is 0 Å². The van der Waals surface area contributed by atoms with Gasteiger partial charge in [0.05, 0.1) is 34.6 Å². The second kappa shape index (κ2) is 13.6. The number of halogens is 2. The second-order valence-electron chi connectivity index (χ2n) is 9.93. The summed E-state index contributed by atoms with van der Waals surface area (Å²) in [7, 11) is -0.0769. The Balaban J connectivity index is 0.000000320. The van der Waals surface area contributed by atoms with Crippen molar-refractivity contribution >= 4 is 39.2 Å². The van der Waals surface area contributed by atoms with Crippen molar-refractivity contribution in [3.63, 3.8) is 0 Å². The monoisotopic (exact) mass is 598 g/mol. The van der Waals surface area contributed by atoms with Crippen LogP contribution in [0.4, 0.5) is 0 Å². The van der Waals surface area contributed by atoms with Gasteiger partial charge in [-0.3, -0.25) is 14.2 Å². The zero-order chi connectivity index (χ0) is 28.8. The minimum absolute atomic E-state index is 0.0598. The van der Waals surface area contributed by atoms with Crippen molar-refractivity contribution in [2.24, 2.45) is 0 Å². The van der Waals surface area contributed by atoms with Crippen molar-refractivity contribution in [3.8, 4) is 0 Å². The third kappa shape index (κ3) is 8.50. The van der Waals surface area contributed by atoms with E-state index in [0.717, 1.165) is 36.9 Å². The maximum Gasteiger partial charge on any atom is 0.294 e. The molecule has 1 spiro atoms. The molecule has 1 aliphatic carbocycles. The highest BCUT2D eigenvalue weighted by Crippen LogP contribution is 2.39. The maximum atomic E-state index is 13.0. The molecule has 0 aromatic heterocycles. The molecule has 1 aliphatic heterocycles. The molecule has 2 aliphatic rings. The average Bonchev–Trinajstić information content (AvgIpc) is 3.33. The number of amides is 1. The molecule has 2 aromatic carbocycles. The molecule has 0 bridgehead atoms. The Bertz CT molecular complexity index is 1250. The topological polar surface area (TPSA) is 96.4 Å². The molecule has 2 fully saturated rings. The van der Waals surface area contributed by atoms with Crippen molar-refractivity contribution in [1.82, 2.24) is 9.80 Å². The SMILES string of the molecule is C=CCN(C)[C@@H]1CC2(CC[C@H]1N(C)C(=O)Cc1ccc(Cl)c(Cl)c1)OCCO2.Cc1ccc(S(=O)(=O)O)cc1. The number of carbonyl (C=O) groups is 1. The van der Waals surface area contributed by atoms with Crippen LogP contribution in [0.5, 0.6) is 0 Å². The smallest absolute Gasteiger partial charge is 0.294 e. The Morgan fingerprint density at radius 1 is 1.10 bits per heavy atom. The molecule has 0 unspecified atom stereocenters. The summed E-state index contributed by atoms with van der Waals surface area (Å²) in [5.41, 5.74) is 1.81. The van der Waals surface area contributed by atoms with Gasteiger partial charge in [0.25, 0.3) is 10.1 Å². The molecule has 2 aromatic rings. The highest BCUT2D eigenvalue weighted by Gasteiger charge is 2.47. The van der Waals surface area contributed by atoms with Crippen molar-refractivity contribution in [2.75, 3.05) is 33.9 Å².